The van der Waals surface area contributed by atoms with Gasteiger partial charge in [-0.25, -0.2) is 15.0 Å². The fraction of sp³-hybridized carbons (Fsp3) is 0.522. The minimum absolute atomic E-state index is 0.0368. The second-order valence-electron chi connectivity index (χ2n) is 8.93. The first-order valence-corrected chi connectivity index (χ1v) is 11.3. The Bertz CT molecular complexity index is 1250. The minimum atomic E-state index is -4.19. The zero-order valence-corrected chi connectivity index (χ0v) is 19.3. The third-order valence-corrected chi connectivity index (χ3v) is 6.55. The Balaban J connectivity index is 1.53. The Hall–Kier alpha value is -3.08. The molecule has 11 heteroatoms. The van der Waals surface area contributed by atoms with Crippen LogP contribution in [-0.2, 0) is 11.8 Å². The molecule has 3 aromatic rings. The maximum absolute atomic E-state index is 13.2. The van der Waals surface area contributed by atoms with E-state index in [4.69, 9.17) is 14.7 Å². The van der Waals surface area contributed by atoms with Gasteiger partial charge in [0.05, 0.1) is 42.3 Å². The predicted molar refractivity (Wildman–Crippen MR) is 120 cm³/mol. The lowest BCUT2D eigenvalue weighted by Crippen LogP contribution is -2.39. The van der Waals surface area contributed by atoms with E-state index in [1.807, 2.05) is 32.0 Å². The van der Waals surface area contributed by atoms with E-state index < -0.39 is 12.1 Å². The van der Waals surface area contributed by atoms with Crippen molar-refractivity contribution in [1.29, 1.82) is 0 Å². The second kappa shape index (κ2) is 8.61. The fourth-order valence-corrected chi connectivity index (χ4v) is 4.45. The van der Waals surface area contributed by atoms with E-state index >= 15 is 0 Å². The Labute approximate surface area is 194 Å². The Morgan fingerprint density at radius 1 is 1.09 bits per heavy atom. The van der Waals surface area contributed by atoms with Gasteiger partial charge in [0, 0.05) is 25.4 Å². The molecule has 0 bridgehead atoms. The van der Waals surface area contributed by atoms with Crippen molar-refractivity contribution in [1.82, 2.24) is 29.7 Å². The van der Waals surface area contributed by atoms with Crippen LogP contribution in [0.3, 0.4) is 0 Å². The zero-order valence-electron chi connectivity index (χ0n) is 19.3. The van der Waals surface area contributed by atoms with Crippen LogP contribution < -0.4 is 4.90 Å². The Kier molecular flexibility index (Phi) is 5.75. The summed E-state index contributed by atoms with van der Waals surface area (Å²) in [5.74, 6) is -0.838. The van der Waals surface area contributed by atoms with Gasteiger partial charge in [0.1, 0.15) is 11.6 Å². The molecular weight excluding hydrogens is 447 g/mol. The van der Waals surface area contributed by atoms with Gasteiger partial charge >= 0.3 is 6.18 Å². The van der Waals surface area contributed by atoms with Gasteiger partial charge in [-0.2, -0.15) is 23.3 Å². The lowest BCUT2D eigenvalue weighted by Gasteiger charge is -2.33. The van der Waals surface area contributed by atoms with Crippen molar-refractivity contribution in [3.05, 3.63) is 41.1 Å². The highest BCUT2D eigenvalue weighted by Crippen LogP contribution is 2.40. The quantitative estimate of drug-likeness (QED) is 0.567. The van der Waals surface area contributed by atoms with Gasteiger partial charge in [-0.1, -0.05) is 6.08 Å². The molecule has 5 rings (SSSR count). The maximum Gasteiger partial charge on any atom is 0.392 e. The second-order valence-corrected chi connectivity index (χ2v) is 8.93. The van der Waals surface area contributed by atoms with Gasteiger partial charge in [-0.3, -0.25) is 4.68 Å². The number of allylic oxidation sites excluding steroid dienone is 2. The van der Waals surface area contributed by atoms with Gasteiger partial charge in [0.15, 0.2) is 5.65 Å². The van der Waals surface area contributed by atoms with Gasteiger partial charge in [-0.15, -0.1) is 0 Å². The SMILES string of the molecule is Cc1nc2nc(N3CCOC(c4cnn(C)c4)C3)nc(C3=CCC(C(F)(F)F)CC3)c2nc1C. The Morgan fingerprint density at radius 2 is 1.88 bits per heavy atom. The van der Waals surface area contributed by atoms with Crippen LogP contribution in [-0.4, -0.2) is 55.6 Å². The van der Waals surface area contributed by atoms with Crippen molar-refractivity contribution >= 4 is 22.7 Å². The maximum atomic E-state index is 13.2. The van der Waals surface area contributed by atoms with Crippen LogP contribution >= 0.6 is 0 Å². The van der Waals surface area contributed by atoms with Crippen molar-refractivity contribution in [3.63, 3.8) is 0 Å². The normalized spacial score (nSPS) is 21.7. The van der Waals surface area contributed by atoms with E-state index in [-0.39, 0.29) is 25.4 Å². The summed E-state index contributed by atoms with van der Waals surface area (Å²) in [6.45, 7) is 5.34. The van der Waals surface area contributed by atoms with Crippen molar-refractivity contribution in [3.8, 4) is 0 Å². The summed E-state index contributed by atoms with van der Waals surface area (Å²) in [7, 11) is 1.85. The molecular formula is C23H26F3N7O. The number of hydrogen-bond acceptors (Lipinski definition) is 7. The summed E-state index contributed by atoms with van der Waals surface area (Å²) >= 11 is 0. The van der Waals surface area contributed by atoms with Gasteiger partial charge in [-0.05, 0) is 38.7 Å². The molecule has 1 fully saturated rings. The zero-order chi connectivity index (χ0) is 24.0. The molecule has 1 aliphatic heterocycles. The van der Waals surface area contributed by atoms with E-state index in [1.54, 1.807) is 17.0 Å². The van der Waals surface area contributed by atoms with Crippen molar-refractivity contribution < 1.29 is 17.9 Å². The van der Waals surface area contributed by atoms with Crippen LogP contribution in [0.2, 0.25) is 0 Å². The molecule has 1 aliphatic carbocycles. The average molecular weight is 474 g/mol. The lowest BCUT2D eigenvalue weighted by atomic mass is 9.87. The van der Waals surface area contributed by atoms with Gasteiger partial charge in [0.25, 0.3) is 0 Å². The van der Waals surface area contributed by atoms with E-state index in [9.17, 15) is 13.2 Å². The smallest absolute Gasteiger partial charge is 0.370 e. The summed E-state index contributed by atoms with van der Waals surface area (Å²) in [6.07, 6.45) is 1.24. The number of hydrogen-bond donors (Lipinski definition) is 0. The molecule has 0 amide bonds. The highest BCUT2D eigenvalue weighted by Gasteiger charge is 2.40. The molecule has 2 aliphatic rings. The molecule has 0 N–H and O–H groups in total. The molecule has 0 spiro atoms. The van der Waals surface area contributed by atoms with Gasteiger partial charge < -0.3 is 9.64 Å². The first-order chi connectivity index (χ1) is 16.2. The number of halogens is 3. The molecule has 180 valence electrons. The van der Waals surface area contributed by atoms with Crippen LogP contribution in [0.5, 0.6) is 0 Å². The molecule has 3 aromatic heterocycles. The molecule has 0 saturated carbocycles. The van der Waals surface area contributed by atoms with Gasteiger partial charge in [0.2, 0.25) is 5.95 Å². The lowest BCUT2D eigenvalue weighted by molar-refractivity contribution is -0.175. The number of morpholine rings is 1. The van der Waals surface area contributed by atoms with E-state index in [0.717, 1.165) is 22.5 Å². The summed E-state index contributed by atoms with van der Waals surface area (Å²) in [4.78, 5) is 20.9. The number of aryl methyl sites for hydroxylation is 3. The topological polar surface area (TPSA) is 81.9 Å². The average Bonchev–Trinajstić information content (AvgIpc) is 3.25. The Morgan fingerprint density at radius 3 is 2.56 bits per heavy atom. The summed E-state index contributed by atoms with van der Waals surface area (Å²) < 4.78 is 47.3. The van der Waals surface area contributed by atoms with Crippen molar-refractivity contribution in [2.75, 3.05) is 24.6 Å². The predicted octanol–water partition coefficient (Wildman–Crippen LogP) is 4.09. The van der Waals surface area contributed by atoms with E-state index in [0.29, 0.717) is 42.5 Å². The molecule has 34 heavy (non-hydrogen) atoms. The number of ether oxygens (including phenoxy) is 1. The van der Waals surface area contributed by atoms with Crippen molar-refractivity contribution in [2.45, 2.75) is 45.4 Å². The third-order valence-electron chi connectivity index (χ3n) is 6.55. The fourth-order valence-electron chi connectivity index (χ4n) is 4.45. The highest BCUT2D eigenvalue weighted by atomic mass is 19.4. The van der Waals surface area contributed by atoms with Crippen molar-refractivity contribution in [2.24, 2.45) is 13.0 Å². The third kappa shape index (κ3) is 4.36. The van der Waals surface area contributed by atoms with Crippen LogP contribution in [0.1, 0.15) is 48.0 Å². The first kappa shape index (κ1) is 22.7. The molecule has 4 heterocycles. The van der Waals surface area contributed by atoms with E-state index in [2.05, 4.69) is 15.1 Å². The van der Waals surface area contributed by atoms with Crippen LogP contribution in [0.15, 0.2) is 18.5 Å². The summed E-state index contributed by atoms with van der Waals surface area (Å²) in [5, 5.41) is 4.23. The molecule has 1 saturated heterocycles. The molecule has 2 unspecified atom stereocenters. The molecule has 8 nitrogen and oxygen atoms in total. The minimum Gasteiger partial charge on any atom is -0.370 e. The standard InChI is InChI=1S/C23H26F3N7O/c1-13-14(2)29-21-20(28-13)19(15-4-6-17(7-5-15)23(24,25)26)30-22(31-21)33-8-9-34-18(12-33)16-10-27-32(3)11-16/h4,10-11,17-18H,5-9,12H2,1-3H3. The highest BCUT2D eigenvalue weighted by molar-refractivity contribution is 5.86. The number of alkyl halides is 3. The first-order valence-electron chi connectivity index (χ1n) is 11.3. The van der Waals surface area contributed by atoms with Crippen LogP contribution in [0.4, 0.5) is 19.1 Å². The van der Waals surface area contributed by atoms with Crippen LogP contribution in [0, 0.1) is 19.8 Å². The summed E-state index contributed by atoms with van der Waals surface area (Å²) in [6, 6.07) is 0. The molecule has 2 atom stereocenters. The number of aromatic nitrogens is 6. The molecule has 0 aromatic carbocycles. The largest absolute Gasteiger partial charge is 0.392 e. The molecule has 0 radical (unpaired) electrons. The number of rotatable bonds is 3. The number of anilines is 1. The van der Waals surface area contributed by atoms with E-state index in [1.165, 1.54) is 0 Å². The number of fused-ring (bicyclic) bond motifs is 1. The summed E-state index contributed by atoms with van der Waals surface area (Å²) in [5.41, 5.74) is 4.79. The van der Waals surface area contributed by atoms with Crippen LogP contribution in [0.25, 0.3) is 16.7 Å². The monoisotopic (exact) mass is 473 g/mol. The number of nitrogens with zero attached hydrogens (tertiary/aromatic N) is 7.